The molecule has 0 aliphatic carbocycles. The zero-order chi connectivity index (χ0) is 6.57. The number of hydrogen-bond donors (Lipinski definition) is 1. The fraction of sp³-hybridized carbons (Fsp3) is 0.400. The van der Waals surface area contributed by atoms with Gasteiger partial charge in [0, 0.05) is 7.11 Å². The maximum atomic E-state index is 10.2. The Labute approximate surface area is 47.6 Å². The molecule has 0 radical (unpaired) electrons. The second-order valence-corrected chi connectivity index (χ2v) is 1.19. The summed E-state index contributed by atoms with van der Waals surface area (Å²) in [6.45, 7) is 3.14. The summed E-state index contributed by atoms with van der Waals surface area (Å²) in [5.41, 5.74) is 0. The molecule has 0 aromatic carbocycles. The van der Waals surface area contributed by atoms with Crippen LogP contribution in [0.5, 0.6) is 0 Å². The largest absolute Gasteiger partial charge is 0.362 e. The Kier molecular flexibility index (Phi) is 3.07. The van der Waals surface area contributed by atoms with Crippen LogP contribution in [0, 0.1) is 0 Å². The van der Waals surface area contributed by atoms with Crippen LogP contribution in [0.2, 0.25) is 0 Å². The Morgan fingerprint density at radius 2 is 2.50 bits per heavy atom. The molecule has 3 heteroatoms. The van der Waals surface area contributed by atoms with E-state index in [1.165, 1.54) is 7.11 Å². The van der Waals surface area contributed by atoms with Gasteiger partial charge in [0.05, 0.1) is 0 Å². The van der Waals surface area contributed by atoms with E-state index in [0.29, 0.717) is 0 Å². The number of ketones is 1. The first-order valence-electron chi connectivity index (χ1n) is 2.09. The maximum absolute atomic E-state index is 10.2. The first-order chi connectivity index (χ1) is 3.72. The van der Waals surface area contributed by atoms with Crippen LogP contribution in [0.15, 0.2) is 12.7 Å². The lowest BCUT2D eigenvalue weighted by atomic mass is 10.4. The average Bonchev–Trinajstić information content (AvgIpc) is 1.84. The van der Waals surface area contributed by atoms with E-state index in [9.17, 15) is 4.79 Å². The highest BCUT2D eigenvalue weighted by Gasteiger charge is 2.07. The first-order valence-corrected chi connectivity index (χ1v) is 2.09. The second-order valence-electron chi connectivity index (χ2n) is 1.19. The van der Waals surface area contributed by atoms with Gasteiger partial charge in [-0.05, 0) is 6.08 Å². The van der Waals surface area contributed by atoms with Gasteiger partial charge in [-0.25, -0.2) is 0 Å². The zero-order valence-electron chi connectivity index (χ0n) is 4.63. The van der Waals surface area contributed by atoms with Gasteiger partial charge in [-0.3, -0.25) is 4.79 Å². The molecule has 0 aromatic heterocycles. The predicted octanol–water partition coefficient (Wildman–Crippen LogP) is -0.294. The molecule has 0 aliphatic heterocycles. The number of methoxy groups -OCH3 is 1. The molecular formula is C5H8O3. The third kappa shape index (κ3) is 1.86. The quantitative estimate of drug-likeness (QED) is 0.407. The van der Waals surface area contributed by atoms with Crippen molar-refractivity contribution in [3.63, 3.8) is 0 Å². The van der Waals surface area contributed by atoms with Crippen molar-refractivity contribution >= 4 is 5.78 Å². The molecule has 46 valence electrons. The molecule has 0 rings (SSSR count). The maximum Gasteiger partial charge on any atom is 0.219 e. The Balaban J connectivity index is 3.62. The molecule has 0 fully saturated rings. The van der Waals surface area contributed by atoms with Crippen LogP contribution in [0.4, 0.5) is 0 Å². The van der Waals surface area contributed by atoms with Crippen LogP contribution in [0.3, 0.4) is 0 Å². The summed E-state index contributed by atoms with van der Waals surface area (Å²) in [5, 5.41) is 8.48. The molecule has 0 amide bonds. The number of rotatable bonds is 3. The van der Waals surface area contributed by atoms with Crippen LogP contribution < -0.4 is 0 Å². The molecule has 0 saturated heterocycles. The van der Waals surface area contributed by atoms with Gasteiger partial charge in [0.1, 0.15) is 0 Å². The number of aliphatic hydroxyl groups is 1. The van der Waals surface area contributed by atoms with Crippen molar-refractivity contribution < 1.29 is 14.6 Å². The number of aliphatic hydroxyl groups excluding tert-OH is 1. The summed E-state index contributed by atoms with van der Waals surface area (Å²) in [5.74, 6) is -0.521. The van der Waals surface area contributed by atoms with Gasteiger partial charge >= 0.3 is 0 Å². The SMILES string of the molecule is C=CC(=O)C(O)OC. The van der Waals surface area contributed by atoms with Crippen LogP contribution in [0.1, 0.15) is 0 Å². The van der Waals surface area contributed by atoms with Crippen molar-refractivity contribution in [3.05, 3.63) is 12.7 Å². The van der Waals surface area contributed by atoms with Gasteiger partial charge in [0.25, 0.3) is 0 Å². The lowest BCUT2D eigenvalue weighted by Gasteiger charge is -2.00. The van der Waals surface area contributed by atoms with Crippen LogP contribution in [0.25, 0.3) is 0 Å². The van der Waals surface area contributed by atoms with Crippen molar-refractivity contribution in [1.29, 1.82) is 0 Å². The number of carbonyl (C=O) groups excluding carboxylic acids is 1. The molecular weight excluding hydrogens is 108 g/mol. The predicted molar refractivity (Wildman–Crippen MR) is 28.2 cm³/mol. The fourth-order valence-corrected chi connectivity index (χ4v) is 0.217. The second kappa shape index (κ2) is 3.35. The number of ether oxygens (including phenoxy) is 1. The highest BCUT2D eigenvalue weighted by molar-refractivity contribution is 5.91. The molecule has 0 heterocycles. The lowest BCUT2D eigenvalue weighted by Crippen LogP contribution is -2.19. The normalized spacial score (nSPS) is 12.8. The fourth-order valence-electron chi connectivity index (χ4n) is 0.217. The van der Waals surface area contributed by atoms with E-state index in [1.54, 1.807) is 0 Å². The van der Waals surface area contributed by atoms with Crippen molar-refractivity contribution in [1.82, 2.24) is 0 Å². The van der Waals surface area contributed by atoms with E-state index in [2.05, 4.69) is 11.3 Å². The molecule has 3 nitrogen and oxygen atoms in total. The van der Waals surface area contributed by atoms with Gasteiger partial charge in [0.2, 0.25) is 12.1 Å². The van der Waals surface area contributed by atoms with Crippen LogP contribution >= 0.6 is 0 Å². The Hall–Kier alpha value is -0.670. The van der Waals surface area contributed by atoms with E-state index in [4.69, 9.17) is 5.11 Å². The monoisotopic (exact) mass is 116 g/mol. The van der Waals surface area contributed by atoms with E-state index in [0.717, 1.165) is 6.08 Å². The topological polar surface area (TPSA) is 46.5 Å². The van der Waals surface area contributed by atoms with E-state index < -0.39 is 12.1 Å². The molecule has 0 aliphatic rings. The highest BCUT2D eigenvalue weighted by Crippen LogP contribution is 1.84. The van der Waals surface area contributed by atoms with Crippen LogP contribution in [-0.2, 0) is 9.53 Å². The lowest BCUT2D eigenvalue weighted by molar-refractivity contribution is -0.144. The van der Waals surface area contributed by atoms with Crippen LogP contribution in [-0.4, -0.2) is 24.3 Å². The smallest absolute Gasteiger partial charge is 0.219 e. The number of carbonyl (C=O) groups is 1. The van der Waals surface area contributed by atoms with Gasteiger partial charge in [-0.15, -0.1) is 0 Å². The highest BCUT2D eigenvalue weighted by atomic mass is 16.6. The third-order valence-electron chi connectivity index (χ3n) is 0.668. The number of hydrogen-bond acceptors (Lipinski definition) is 3. The third-order valence-corrected chi connectivity index (χ3v) is 0.668. The molecule has 8 heavy (non-hydrogen) atoms. The van der Waals surface area contributed by atoms with Crippen molar-refractivity contribution in [2.45, 2.75) is 6.29 Å². The van der Waals surface area contributed by atoms with E-state index in [-0.39, 0.29) is 0 Å². The summed E-state index contributed by atoms with van der Waals surface area (Å²) in [4.78, 5) is 10.2. The molecule has 0 bridgehead atoms. The summed E-state index contributed by atoms with van der Waals surface area (Å²) < 4.78 is 4.24. The summed E-state index contributed by atoms with van der Waals surface area (Å²) in [6.07, 6.45) is -0.332. The van der Waals surface area contributed by atoms with E-state index >= 15 is 0 Å². The minimum absolute atomic E-state index is 0.521. The zero-order valence-corrected chi connectivity index (χ0v) is 4.63. The summed E-state index contributed by atoms with van der Waals surface area (Å²) >= 11 is 0. The van der Waals surface area contributed by atoms with Crippen molar-refractivity contribution in [2.75, 3.05) is 7.11 Å². The minimum atomic E-state index is -1.34. The minimum Gasteiger partial charge on any atom is -0.362 e. The van der Waals surface area contributed by atoms with Crippen molar-refractivity contribution in [3.8, 4) is 0 Å². The van der Waals surface area contributed by atoms with Gasteiger partial charge in [-0.1, -0.05) is 6.58 Å². The van der Waals surface area contributed by atoms with Gasteiger partial charge in [0.15, 0.2) is 0 Å². The summed E-state index contributed by atoms with van der Waals surface area (Å²) in [6, 6.07) is 0. The van der Waals surface area contributed by atoms with E-state index in [1.807, 2.05) is 0 Å². The molecule has 0 saturated carbocycles. The molecule has 1 N–H and O–H groups in total. The molecule has 1 atom stereocenters. The van der Waals surface area contributed by atoms with Crippen molar-refractivity contribution in [2.24, 2.45) is 0 Å². The summed E-state index contributed by atoms with van der Waals surface area (Å²) in [7, 11) is 1.24. The Morgan fingerprint density at radius 1 is 2.00 bits per heavy atom. The Bertz CT molecular complexity index is 97.8. The van der Waals surface area contributed by atoms with Gasteiger partial charge < -0.3 is 9.84 Å². The molecule has 0 spiro atoms. The average molecular weight is 116 g/mol. The molecule has 1 unspecified atom stereocenters. The van der Waals surface area contributed by atoms with Gasteiger partial charge in [-0.2, -0.15) is 0 Å². The first kappa shape index (κ1) is 7.33. The Morgan fingerprint density at radius 3 is 2.62 bits per heavy atom. The molecule has 0 aromatic rings. The standard InChI is InChI=1S/C5H8O3/c1-3-4(6)5(7)8-2/h3,5,7H,1H2,2H3.